The number of ether oxygens (including phenoxy) is 1. The van der Waals surface area contributed by atoms with Gasteiger partial charge in [-0.15, -0.1) is 0 Å². The second-order valence-corrected chi connectivity index (χ2v) is 6.98. The Morgan fingerprint density at radius 3 is 2.28 bits per heavy atom. The molecule has 0 aliphatic rings. The van der Waals surface area contributed by atoms with Crippen LogP contribution in [0.3, 0.4) is 0 Å². The first kappa shape index (κ1) is 17.9. The van der Waals surface area contributed by atoms with Gasteiger partial charge in [0, 0.05) is 24.7 Å². The Bertz CT molecular complexity index is 285. The molecule has 0 aliphatic heterocycles. The zero-order chi connectivity index (χ0) is 14.0. The van der Waals surface area contributed by atoms with E-state index in [9.17, 15) is 8.42 Å². The van der Waals surface area contributed by atoms with Gasteiger partial charge in [-0.2, -0.15) is 0 Å². The Kier molecular flexibility index (Phi) is 9.68. The highest BCUT2D eigenvalue weighted by molar-refractivity contribution is 7.90. The SMILES string of the molecule is CCCC(OCC)C(CCCS(C)(=O)=O)NCC. The summed E-state index contributed by atoms with van der Waals surface area (Å²) in [5.41, 5.74) is 0. The van der Waals surface area contributed by atoms with Crippen molar-refractivity contribution in [2.45, 2.75) is 58.6 Å². The van der Waals surface area contributed by atoms with Crippen molar-refractivity contribution < 1.29 is 13.2 Å². The first-order valence-corrected chi connectivity index (χ1v) is 9.03. The molecule has 0 saturated heterocycles. The first-order valence-electron chi connectivity index (χ1n) is 6.97. The standard InChI is InChI=1S/C13H29NO3S/c1-5-9-13(17-7-3)12(14-6-2)10-8-11-18(4,15)16/h12-14H,5-11H2,1-4H3. The molecule has 0 heterocycles. The van der Waals surface area contributed by atoms with Gasteiger partial charge in [-0.1, -0.05) is 20.3 Å². The summed E-state index contributed by atoms with van der Waals surface area (Å²) < 4.78 is 28.0. The van der Waals surface area contributed by atoms with Crippen LogP contribution < -0.4 is 5.32 Å². The molecule has 4 nitrogen and oxygen atoms in total. The summed E-state index contributed by atoms with van der Waals surface area (Å²) in [5, 5.41) is 3.42. The van der Waals surface area contributed by atoms with Gasteiger partial charge in [0.25, 0.3) is 0 Å². The summed E-state index contributed by atoms with van der Waals surface area (Å²) in [4.78, 5) is 0. The van der Waals surface area contributed by atoms with E-state index in [-0.39, 0.29) is 17.9 Å². The van der Waals surface area contributed by atoms with E-state index in [1.807, 2.05) is 6.92 Å². The lowest BCUT2D eigenvalue weighted by molar-refractivity contribution is 0.0262. The Balaban J connectivity index is 4.31. The third-order valence-electron chi connectivity index (χ3n) is 2.90. The number of likely N-dealkylation sites (N-methyl/N-ethyl adjacent to an activating group) is 1. The summed E-state index contributed by atoms with van der Waals surface area (Å²) in [7, 11) is -2.85. The van der Waals surface area contributed by atoms with Gasteiger partial charge in [0.05, 0.1) is 6.10 Å². The topological polar surface area (TPSA) is 55.4 Å². The Labute approximate surface area is 112 Å². The third kappa shape index (κ3) is 8.89. The maximum atomic E-state index is 11.1. The molecule has 2 atom stereocenters. The van der Waals surface area contributed by atoms with E-state index in [0.717, 1.165) is 25.8 Å². The monoisotopic (exact) mass is 279 g/mol. The summed E-state index contributed by atoms with van der Waals surface area (Å²) in [5.74, 6) is 0.264. The molecular weight excluding hydrogens is 250 g/mol. The lowest BCUT2D eigenvalue weighted by atomic mass is 10.0. The van der Waals surface area contributed by atoms with Gasteiger partial charge in [0.2, 0.25) is 0 Å². The predicted octanol–water partition coefficient (Wildman–Crippen LogP) is 1.99. The van der Waals surface area contributed by atoms with Crippen LogP contribution in [0, 0.1) is 0 Å². The molecule has 1 N–H and O–H groups in total. The number of sulfone groups is 1. The smallest absolute Gasteiger partial charge is 0.147 e. The molecule has 0 spiro atoms. The zero-order valence-corrected chi connectivity index (χ0v) is 13.1. The van der Waals surface area contributed by atoms with E-state index in [4.69, 9.17) is 4.74 Å². The molecule has 110 valence electrons. The molecule has 18 heavy (non-hydrogen) atoms. The average molecular weight is 279 g/mol. The summed E-state index contributed by atoms with van der Waals surface area (Å²) in [6, 6.07) is 0.261. The molecule has 0 aliphatic carbocycles. The number of hydrogen-bond donors (Lipinski definition) is 1. The lowest BCUT2D eigenvalue weighted by Gasteiger charge is -2.27. The Morgan fingerprint density at radius 2 is 1.83 bits per heavy atom. The first-order chi connectivity index (χ1) is 8.44. The van der Waals surface area contributed by atoms with E-state index < -0.39 is 9.84 Å². The molecule has 0 amide bonds. The fraction of sp³-hybridized carbons (Fsp3) is 1.00. The van der Waals surface area contributed by atoms with Crippen molar-refractivity contribution >= 4 is 9.84 Å². The lowest BCUT2D eigenvalue weighted by Crippen LogP contribution is -2.41. The third-order valence-corrected chi connectivity index (χ3v) is 3.93. The molecule has 0 aromatic heterocycles. The summed E-state index contributed by atoms with van der Waals surface area (Å²) in [6.45, 7) is 7.81. The highest BCUT2D eigenvalue weighted by Crippen LogP contribution is 2.13. The van der Waals surface area contributed by atoms with E-state index >= 15 is 0 Å². The number of rotatable bonds is 11. The van der Waals surface area contributed by atoms with Crippen LogP contribution in [0.15, 0.2) is 0 Å². The molecule has 0 radical (unpaired) electrons. The van der Waals surface area contributed by atoms with Gasteiger partial charge in [-0.05, 0) is 32.7 Å². The molecule has 0 aromatic carbocycles. The highest BCUT2D eigenvalue weighted by Gasteiger charge is 2.20. The Morgan fingerprint density at radius 1 is 1.17 bits per heavy atom. The fourth-order valence-corrected chi connectivity index (χ4v) is 2.84. The van der Waals surface area contributed by atoms with Crippen LogP contribution >= 0.6 is 0 Å². The van der Waals surface area contributed by atoms with Crippen molar-refractivity contribution in [3.05, 3.63) is 0 Å². The van der Waals surface area contributed by atoms with Crippen LogP contribution in [0.1, 0.15) is 46.5 Å². The van der Waals surface area contributed by atoms with E-state index in [1.165, 1.54) is 6.26 Å². The zero-order valence-electron chi connectivity index (χ0n) is 12.2. The van der Waals surface area contributed by atoms with E-state index in [1.54, 1.807) is 0 Å². The average Bonchev–Trinajstić information content (AvgIpc) is 2.26. The van der Waals surface area contributed by atoms with Crippen LogP contribution in [-0.4, -0.2) is 45.7 Å². The highest BCUT2D eigenvalue weighted by atomic mass is 32.2. The van der Waals surface area contributed by atoms with Crippen LogP contribution in [0.4, 0.5) is 0 Å². The quantitative estimate of drug-likeness (QED) is 0.628. The molecule has 5 heteroatoms. The molecule has 0 rings (SSSR count). The second-order valence-electron chi connectivity index (χ2n) is 4.72. The normalized spacial score (nSPS) is 15.6. The fourth-order valence-electron chi connectivity index (χ4n) is 2.15. The maximum absolute atomic E-state index is 11.1. The van der Waals surface area contributed by atoms with Crippen LogP contribution in [-0.2, 0) is 14.6 Å². The molecule has 0 aromatic rings. The molecule has 2 unspecified atom stereocenters. The van der Waals surface area contributed by atoms with Gasteiger partial charge in [0.15, 0.2) is 0 Å². The van der Waals surface area contributed by atoms with Crippen LogP contribution in [0.2, 0.25) is 0 Å². The van der Waals surface area contributed by atoms with Gasteiger partial charge in [-0.25, -0.2) is 8.42 Å². The summed E-state index contributed by atoms with van der Waals surface area (Å²) >= 11 is 0. The van der Waals surface area contributed by atoms with Gasteiger partial charge in [-0.3, -0.25) is 0 Å². The minimum absolute atomic E-state index is 0.194. The van der Waals surface area contributed by atoms with Crippen molar-refractivity contribution in [1.82, 2.24) is 5.32 Å². The minimum atomic E-state index is -2.85. The van der Waals surface area contributed by atoms with Crippen molar-refractivity contribution in [3.63, 3.8) is 0 Å². The minimum Gasteiger partial charge on any atom is -0.377 e. The van der Waals surface area contributed by atoms with Crippen molar-refractivity contribution in [2.75, 3.05) is 25.2 Å². The second kappa shape index (κ2) is 9.75. The van der Waals surface area contributed by atoms with Gasteiger partial charge in [0.1, 0.15) is 9.84 Å². The van der Waals surface area contributed by atoms with Crippen molar-refractivity contribution in [2.24, 2.45) is 0 Å². The molecular formula is C13H29NO3S. The maximum Gasteiger partial charge on any atom is 0.147 e. The number of nitrogens with one attached hydrogen (secondary N) is 1. The number of hydrogen-bond acceptors (Lipinski definition) is 4. The molecule has 0 bridgehead atoms. The Hall–Kier alpha value is -0.130. The predicted molar refractivity (Wildman–Crippen MR) is 76.7 cm³/mol. The van der Waals surface area contributed by atoms with E-state index in [2.05, 4.69) is 19.2 Å². The van der Waals surface area contributed by atoms with E-state index in [0.29, 0.717) is 13.0 Å². The summed E-state index contributed by atoms with van der Waals surface area (Å²) in [6.07, 6.45) is 5.14. The van der Waals surface area contributed by atoms with Gasteiger partial charge < -0.3 is 10.1 Å². The van der Waals surface area contributed by atoms with Gasteiger partial charge >= 0.3 is 0 Å². The largest absolute Gasteiger partial charge is 0.377 e. The molecule has 0 saturated carbocycles. The molecule has 0 fully saturated rings. The van der Waals surface area contributed by atoms with Crippen LogP contribution in [0.25, 0.3) is 0 Å². The van der Waals surface area contributed by atoms with Crippen molar-refractivity contribution in [1.29, 1.82) is 0 Å². The van der Waals surface area contributed by atoms with Crippen LogP contribution in [0.5, 0.6) is 0 Å². The van der Waals surface area contributed by atoms with Crippen molar-refractivity contribution in [3.8, 4) is 0 Å².